The van der Waals surface area contributed by atoms with E-state index < -0.39 is 0 Å². The second-order valence-corrected chi connectivity index (χ2v) is 20.5. The van der Waals surface area contributed by atoms with Gasteiger partial charge in [0.15, 0.2) is 0 Å². The molecule has 0 saturated carbocycles. The topological polar surface area (TPSA) is 17.8 Å². The predicted octanol–water partition coefficient (Wildman–Crippen LogP) is 20.6. The Labute approximate surface area is 456 Å². The highest BCUT2D eigenvalue weighted by molar-refractivity contribution is 6.24. The summed E-state index contributed by atoms with van der Waals surface area (Å²) in [6.07, 6.45) is 8.86. The number of aromatic nitrogens is 2. The monoisotopic (exact) mass is 994 g/mol. The average molecular weight is 995 g/mol. The first-order chi connectivity index (χ1) is 38.6. The second-order valence-electron chi connectivity index (χ2n) is 20.5. The van der Waals surface area contributed by atoms with E-state index >= 15 is 0 Å². The maximum absolute atomic E-state index is 5.10. The van der Waals surface area contributed by atoms with Crippen LogP contribution in [0.4, 0.5) is 0 Å². The average Bonchev–Trinajstić information content (AvgIpc) is 3.96. The van der Waals surface area contributed by atoms with Crippen molar-refractivity contribution in [3.63, 3.8) is 0 Å². The van der Waals surface area contributed by atoms with Gasteiger partial charge in [-0.25, -0.2) is 4.98 Å². The predicted molar refractivity (Wildman–Crippen MR) is 331 cm³/mol. The van der Waals surface area contributed by atoms with E-state index in [4.69, 9.17) is 4.98 Å². The van der Waals surface area contributed by atoms with Crippen LogP contribution in [0, 0.1) is 0 Å². The molecule has 2 heteroatoms. The van der Waals surface area contributed by atoms with Crippen molar-refractivity contribution in [1.82, 2.24) is 9.55 Å². The lowest BCUT2D eigenvalue weighted by Crippen LogP contribution is -1.95. The summed E-state index contributed by atoms with van der Waals surface area (Å²) in [7, 11) is 2.10. The first kappa shape index (κ1) is 46.6. The van der Waals surface area contributed by atoms with E-state index in [-0.39, 0.29) is 0 Å². The van der Waals surface area contributed by atoms with Gasteiger partial charge in [-0.05, 0) is 153 Å². The van der Waals surface area contributed by atoms with Crippen LogP contribution >= 0.6 is 0 Å². The van der Waals surface area contributed by atoms with Crippen LogP contribution in [0.25, 0.3) is 139 Å². The minimum absolute atomic E-state index is 0.967. The first-order valence-electron chi connectivity index (χ1n) is 27.1. The van der Waals surface area contributed by atoms with Crippen LogP contribution in [-0.2, 0) is 7.05 Å². The number of hydrogen-bond acceptors (Lipinski definition) is 1. The van der Waals surface area contributed by atoms with Crippen molar-refractivity contribution in [2.24, 2.45) is 7.05 Å². The Morgan fingerprint density at radius 2 is 0.718 bits per heavy atom. The number of imidazole rings is 1. The van der Waals surface area contributed by atoms with Gasteiger partial charge in [-0.2, -0.15) is 0 Å². The number of aryl methyl sites for hydroxylation is 1. The fourth-order valence-corrected chi connectivity index (χ4v) is 12.0. The lowest BCUT2D eigenvalue weighted by atomic mass is 9.81. The Kier molecular flexibility index (Phi) is 12.0. The van der Waals surface area contributed by atoms with Gasteiger partial charge in [-0.15, -0.1) is 0 Å². The number of hydrogen-bond donors (Lipinski definition) is 0. The molecule has 368 valence electrons. The summed E-state index contributed by atoms with van der Waals surface area (Å²) in [5.74, 6) is 0.967. The third-order valence-electron chi connectivity index (χ3n) is 16.0. The van der Waals surface area contributed by atoms with Gasteiger partial charge in [0.1, 0.15) is 5.82 Å². The number of nitrogens with zero attached hydrogens (tertiary/aromatic N) is 2. The van der Waals surface area contributed by atoms with Gasteiger partial charge in [-0.1, -0.05) is 267 Å². The fraction of sp³-hybridized carbons (Fsp3) is 0.0395. The largest absolute Gasteiger partial charge is 0.327 e. The normalized spacial score (nSPS) is 12.3. The quantitative estimate of drug-likeness (QED) is 0.125. The minimum atomic E-state index is 0.967. The third kappa shape index (κ3) is 8.54. The van der Waals surface area contributed by atoms with Crippen LogP contribution < -0.4 is 0 Å². The minimum Gasteiger partial charge on any atom is -0.327 e. The zero-order chi connectivity index (χ0) is 51.9. The van der Waals surface area contributed by atoms with Gasteiger partial charge < -0.3 is 4.57 Å². The van der Waals surface area contributed by atoms with Crippen molar-refractivity contribution in [2.75, 3.05) is 0 Å². The smallest absolute Gasteiger partial charge is 0.140 e. The van der Waals surface area contributed by atoms with Crippen LogP contribution in [0.2, 0.25) is 0 Å². The summed E-state index contributed by atoms with van der Waals surface area (Å²) in [6.45, 7) is 0. The molecule has 1 aliphatic carbocycles. The van der Waals surface area contributed by atoms with Crippen LogP contribution in [0.3, 0.4) is 0 Å². The van der Waals surface area contributed by atoms with Crippen molar-refractivity contribution < 1.29 is 0 Å². The molecule has 0 unspecified atom stereocenters. The van der Waals surface area contributed by atoms with Crippen LogP contribution in [0.15, 0.2) is 285 Å². The molecule has 0 bridgehead atoms. The number of rotatable bonds is 10. The van der Waals surface area contributed by atoms with Crippen molar-refractivity contribution in [3.05, 3.63) is 291 Å². The summed E-state index contributed by atoms with van der Waals surface area (Å²) in [5.41, 5.74) is 25.0. The maximum Gasteiger partial charge on any atom is 0.140 e. The first-order valence-corrected chi connectivity index (χ1v) is 27.1. The molecule has 1 aliphatic rings. The number of fused-ring (bicyclic) bond motifs is 3. The second kappa shape index (κ2) is 20.0. The van der Waals surface area contributed by atoms with Crippen LogP contribution in [0.5, 0.6) is 0 Å². The van der Waals surface area contributed by atoms with E-state index in [0.717, 1.165) is 57.5 Å². The molecule has 1 heterocycles. The van der Waals surface area contributed by atoms with Crippen molar-refractivity contribution in [1.29, 1.82) is 0 Å². The summed E-state index contributed by atoms with van der Waals surface area (Å²) in [6, 6.07) is 98.2. The lowest BCUT2D eigenvalue weighted by molar-refractivity contribution is 0.959. The van der Waals surface area contributed by atoms with Gasteiger partial charge in [-0.3, -0.25) is 0 Å². The maximum atomic E-state index is 5.10. The van der Waals surface area contributed by atoms with Gasteiger partial charge in [0.2, 0.25) is 0 Å². The van der Waals surface area contributed by atoms with Gasteiger partial charge in [0.25, 0.3) is 0 Å². The van der Waals surface area contributed by atoms with Crippen LogP contribution in [-0.4, -0.2) is 9.55 Å². The highest BCUT2D eigenvalue weighted by atomic mass is 15.1. The molecule has 0 atom stereocenters. The zero-order valence-electron chi connectivity index (χ0n) is 43.4. The Morgan fingerprint density at radius 1 is 0.321 bits per heavy atom. The molecular weight excluding hydrogens is 941 g/mol. The third-order valence-corrected chi connectivity index (χ3v) is 16.0. The van der Waals surface area contributed by atoms with Crippen molar-refractivity contribution in [3.8, 4) is 100 Å². The van der Waals surface area contributed by atoms with E-state index in [0.29, 0.717) is 0 Å². The molecular formula is C76H54N2. The Balaban J connectivity index is 0.904. The SMILES string of the molecule is Cn1c(-c2ccccc2)nc2cc(-c3ccc(-c4ccc5c(-c6ccccc6-c6ccc(-c7ccccc7)cc6)c6ccccc6c(-c6ccccc6-c6ccc(-c7ccc(C8=CC=CCC8)cc7)cc6)c5c4)cc3)ccc21. The lowest BCUT2D eigenvalue weighted by Gasteiger charge is -2.22. The van der Waals surface area contributed by atoms with Crippen molar-refractivity contribution in [2.45, 2.75) is 12.8 Å². The van der Waals surface area contributed by atoms with Gasteiger partial charge in [0.05, 0.1) is 11.0 Å². The van der Waals surface area contributed by atoms with Gasteiger partial charge >= 0.3 is 0 Å². The molecule has 0 N–H and O–H groups in total. The molecule has 78 heavy (non-hydrogen) atoms. The van der Waals surface area contributed by atoms with E-state index in [1.54, 1.807) is 0 Å². The summed E-state index contributed by atoms with van der Waals surface area (Å²) < 4.78 is 2.19. The molecule has 2 nitrogen and oxygen atoms in total. The molecule has 0 fully saturated rings. The Hall–Kier alpha value is -9.89. The van der Waals surface area contributed by atoms with Crippen molar-refractivity contribution >= 4 is 38.2 Å². The standard InChI is InChI=1S/C76H54N2/c1-78-73-48-46-63(50-72(73)77-76(78)61-21-9-4-10-22-61)58-35-33-57(34-36-58)62-45-47-70-71(49-62)75(67-26-14-12-24-65(67)60-43-39-56(40-44-60)55-31-29-53(30-32-55)51-17-5-2-6-18-51)69-28-16-15-27-68(69)74(70)66-25-13-11-23-64(66)59-41-37-54(38-42-59)52-19-7-3-8-20-52/h2-5,7-17,19-50H,6,18H2,1H3. The molecule has 0 amide bonds. The number of allylic oxidation sites excluding steroid dienone is 4. The van der Waals surface area contributed by atoms with Crippen LogP contribution in [0.1, 0.15) is 18.4 Å². The Morgan fingerprint density at radius 3 is 1.26 bits per heavy atom. The molecule has 0 radical (unpaired) electrons. The highest BCUT2D eigenvalue weighted by Crippen LogP contribution is 2.49. The summed E-state index contributed by atoms with van der Waals surface area (Å²) in [5, 5.41) is 4.86. The summed E-state index contributed by atoms with van der Waals surface area (Å²) >= 11 is 0. The molecule has 14 rings (SSSR count). The molecule has 12 aromatic carbocycles. The zero-order valence-corrected chi connectivity index (χ0v) is 43.4. The highest BCUT2D eigenvalue weighted by Gasteiger charge is 2.22. The Bertz CT molecular complexity index is 4430. The number of benzene rings is 12. The molecule has 13 aromatic rings. The molecule has 0 saturated heterocycles. The van der Waals surface area contributed by atoms with E-state index in [1.165, 1.54) is 99.4 Å². The fourth-order valence-electron chi connectivity index (χ4n) is 12.0. The van der Waals surface area contributed by atoms with Gasteiger partial charge in [0, 0.05) is 12.6 Å². The van der Waals surface area contributed by atoms with E-state index in [1.807, 2.05) is 6.07 Å². The van der Waals surface area contributed by atoms with E-state index in [2.05, 4.69) is 291 Å². The summed E-state index contributed by atoms with van der Waals surface area (Å²) in [4.78, 5) is 5.10. The molecule has 0 aliphatic heterocycles. The van der Waals surface area contributed by atoms with E-state index in [9.17, 15) is 0 Å². The molecule has 1 aromatic heterocycles. The molecule has 0 spiro atoms.